The van der Waals surface area contributed by atoms with Crippen molar-refractivity contribution < 1.29 is 9.53 Å². The van der Waals surface area contributed by atoms with E-state index in [9.17, 15) is 4.79 Å². The van der Waals surface area contributed by atoms with E-state index in [0.717, 1.165) is 11.3 Å². The summed E-state index contributed by atoms with van der Waals surface area (Å²) in [6, 6.07) is 1.79. The number of nitrogens with zero attached hydrogens (tertiary/aromatic N) is 1. The Hall–Kier alpha value is -1.58. The summed E-state index contributed by atoms with van der Waals surface area (Å²) in [6.45, 7) is 11.9. The number of hydrogen-bond donors (Lipinski definition) is 1. The molecule has 0 aliphatic rings. The molecular formula is C13H24N2O2. The maximum Gasteiger partial charge on any atom is 0.293 e. The Kier molecular flexibility index (Phi) is 10.1. The molecule has 0 aliphatic heterocycles. The zero-order valence-electron chi connectivity index (χ0n) is 11.7. The van der Waals surface area contributed by atoms with Gasteiger partial charge in [-0.2, -0.15) is 0 Å². The van der Waals surface area contributed by atoms with Crippen LogP contribution in [-0.2, 0) is 9.53 Å². The minimum atomic E-state index is -0.318. The standard InChI is InChI=1S/C6H8N2.C5H10O2.C2H6/c1-5-4-8-3-2-6(5)7;1-5(2,3)7-4-6;1-2/h2-4H,1H3,(H2,7,8);4H,1-3H3;1-2H3. The minimum Gasteiger partial charge on any atom is -0.462 e. The Morgan fingerprint density at radius 3 is 2.06 bits per heavy atom. The average Bonchev–Trinajstić information content (AvgIpc) is 2.25. The molecule has 1 heterocycles. The van der Waals surface area contributed by atoms with Crippen molar-refractivity contribution in [2.75, 3.05) is 5.73 Å². The van der Waals surface area contributed by atoms with Crippen LogP contribution in [-0.4, -0.2) is 17.1 Å². The molecule has 2 N–H and O–H groups in total. The van der Waals surface area contributed by atoms with Crippen LogP contribution < -0.4 is 5.73 Å². The van der Waals surface area contributed by atoms with Crippen molar-refractivity contribution in [2.24, 2.45) is 0 Å². The molecule has 4 nitrogen and oxygen atoms in total. The molecule has 0 aliphatic carbocycles. The van der Waals surface area contributed by atoms with Crippen LogP contribution >= 0.6 is 0 Å². The number of aryl methyl sites for hydroxylation is 1. The summed E-state index contributed by atoms with van der Waals surface area (Å²) in [7, 11) is 0. The SMILES string of the molecule is CC.CC(C)(C)OC=O.Cc1cnccc1N. The van der Waals surface area contributed by atoms with Crippen LogP contribution in [0.2, 0.25) is 0 Å². The lowest BCUT2D eigenvalue weighted by Gasteiger charge is -2.14. The molecule has 0 saturated carbocycles. The van der Waals surface area contributed by atoms with Gasteiger partial charge < -0.3 is 10.5 Å². The number of pyridine rings is 1. The highest BCUT2D eigenvalue weighted by Crippen LogP contribution is 2.04. The number of rotatable bonds is 1. The summed E-state index contributed by atoms with van der Waals surface area (Å²) >= 11 is 0. The van der Waals surface area contributed by atoms with Gasteiger partial charge in [-0.1, -0.05) is 13.8 Å². The van der Waals surface area contributed by atoms with Crippen molar-refractivity contribution in [3.05, 3.63) is 24.0 Å². The summed E-state index contributed by atoms with van der Waals surface area (Å²) in [5.74, 6) is 0. The summed E-state index contributed by atoms with van der Waals surface area (Å²) in [5.41, 5.74) is 7.00. The highest BCUT2D eigenvalue weighted by atomic mass is 16.5. The Balaban J connectivity index is 0. The van der Waals surface area contributed by atoms with Crippen molar-refractivity contribution in [1.29, 1.82) is 0 Å². The fourth-order valence-electron chi connectivity index (χ4n) is 0.628. The second-order valence-electron chi connectivity index (χ2n) is 4.06. The van der Waals surface area contributed by atoms with Gasteiger partial charge >= 0.3 is 0 Å². The third kappa shape index (κ3) is 12.4. The molecule has 17 heavy (non-hydrogen) atoms. The fraction of sp³-hybridized carbons (Fsp3) is 0.538. The van der Waals surface area contributed by atoms with E-state index in [2.05, 4.69) is 9.72 Å². The normalized spacial score (nSPS) is 9.06. The van der Waals surface area contributed by atoms with Gasteiger partial charge in [0.1, 0.15) is 5.60 Å². The van der Waals surface area contributed by atoms with Gasteiger partial charge in [0.25, 0.3) is 6.47 Å². The molecule has 0 unspecified atom stereocenters. The molecule has 0 radical (unpaired) electrons. The number of ether oxygens (including phenoxy) is 1. The van der Waals surface area contributed by atoms with Crippen LogP contribution in [0.1, 0.15) is 40.2 Å². The number of aromatic nitrogens is 1. The fourth-order valence-corrected chi connectivity index (χ4v) is 0.628. The molecule has 0 aromatic carbocycles. The van der Waals surface area contributed by atoms with Gasteiger partial charge in [0.2, 0.25) is 0 Å². The van der Waals surface area contributed by atoms with Crippen LogP contribution in [0.3, 0.4) is 0 Å². The summed E-state index contributed by atoms with van der Waals surface area (Å²) < 4.78 is 4.55. The molecule has 1 rings (SSSR count). The monoisotopic (exact) mass is 240 g/mol. The van der Waals surface area contributed by atoms with Gasteiger partial charge in [-0.15, -0.1) is 0 Å². The van der Waals surface area contributed by atoms with E-state index in [1.165, 1.54) is 0 Å². The van der Waals surface area contributed by atoms with Crippen molar-refractivity contribution in [3.63, 3.8) is 0 Å². The Morgan fingerprint density at radius 2 is 1.88 bits per heavy atom. The molecular weight excluding hydrogens is 216 g/mol. The first-order chi connectivity index (χ1) is 7.87. The molecule has 1 aromatic rings. The minimum absolute atomic E-state index is 0.318. The van der Waals surface area contributed by atoms with Crippen LogP contribution in [0.5, 0.6) is 0 Å². The number of hydrogen-bond acceptors (Lipinski definition) is 4. The molecule has 0 amide bonds. The lowest BCUT2D eigenvalue weighted by Crippen LogP contribution is -2.17. The predicted molar refractivity (Wildman–Crippen MR) is 71.6 cm³/mol. The van der Waals surface area contributed by atoms with E-state index in [1.54, 1.807) is 18.5 Å². The Morgan fingerprint density at radius 1 is 1.35 bits per heavy atom. The van der Waals surface area contributed by atoms with Gasteiger partial charge in [0.15, 0.2) is 0 Å². The molecule has 0 saturated heterocycles. The molecule has 98 valence electrons. The predicted octanol–water partition coefficient (Wildman–Crippen LogP) is 2.96. The summed E-state index contributed by atoms with van der Waals surface area (Å²) in [6.07, 6.45) is 3.43. The maximum absolute atomic E-state index is 9.60. The smallest absolute Gasteiger partial charge is 0.293 e. The summed E-state index contributed by atoms with van der Waals surface area (Å²) in [5, 5.41) is 0. The lowest BCUT2D eigenvalue weighted by atomic mass is 10.2. The quantitative estimate of drug-likeness (QED) is 0.766. The number of nitrogens with two attached hydrogens (primary N) is 1. The second-order valence-corrected chi connectivity index (χ2v) is 4.06. The third-order valence-electron chi connectivity index (χ3n) is 1.47. The van der Waals surface area contributed by atoms with Crippen LogP contribution in [0.4, 0.5) is 5.69 Å². The van der Waals surface area contributed by atoms with Crippen molar-refractivity contribution in [1.82, 2.24) is 4.98 Å². The first-order valence-corrected chi connectivity index (χ1v) is 5.64. The van der Waals surface area contributed by atoms with Crippen LogP contribution in [0.25, 0.3) is 0 Å². The van der Waals surface area contributed by atoms with Crippen LogP contribution in [0.15, 0.2) is 18.5 Å². The van der Waals surface area contributed by atoms with Gasteiger partial charge in [0.05, 0.1) is 0 Å². The number of carbonyl (C=O) groups is 1. The second kappa shape index (κ2) is 9.63. The number of carbonyl (C=O) groups excluding carboxylic acids is 1. The van der Waals surface area contributed by atoms with E-state index in [0.29, 0.717) is 6.47 Å². The van der Waals surface area contributed by atoms with Gasteiger partial charge in [-0.3, -0.25) is 9.78 Å². The van der Waals surface area contributed by atoms with E-state index >= 15 is 0 Å². The topological polar surface area (TPSA) is 65.2 Å². The maximum atomic E-state index is 9.60. The van der Waals surface area contributed by atoms with E-state index in [1.807, 2.05) is 41.5 Å². The molecule has 0 fully saturated rings. The van der Waals surface area contributed by atoms with Gasteiger partial charge in [0, 0.05) is 18.1 Å². The highest BCUT2D eigenvalue weighted by molar-refractivity contribution is 5.42. The Labute approximate surface area is 104 Å². The third-order valence-corrected chi connectivity index (χ3v) is 1.47. The number of anilines is 1. The first-order valence-electron chi connectivity index (χ1n) is 5.64. The van der Waals surface area contributed by atoms with Crippen molar-refractivity contribution >= 4 is 12.2 Å². The number of nitrogen functional groups attached to an aromatic ring is 1. The molecule has 0 atom stereocenters. The molecule has 0 spiro atoms. The molecule has 1 aromatic heterocycles. The highest BCUT2D eigenvalue weighted by Gasteiger charge is 2.07. The molecule has 0 bridgehead atoms. The van der Waals surface area contributed by atoms with Crippen LogP contribution in [0, 0.1) is 6.92 Å². The zero-order chi connectivity index (χ0) is 13.9. The average molecular weight is 240 g/mol. The zero-order valence-corrected chi connectivity index (χ0v) is 11.7. The Bertz CT molecular complexity index is 286. The van der Waals surface area contributed by atoms with E-state index < -0.39 is 0 Å². The van der Waals surface area contributed by atoms with E-state index in [4.69, 9.17) is 5.73 Å². The van der Waals surface area contributed by atoms with E-state index in [-0.39, 0.29) is 5.60 Å². The van der Waals surface area contributed by atoms with Crippen molar-refractivity contribution in [3.8, 4) is 0 Å². The van der Waals surface area contributed by atoms with Gasteiger partial charge in [-0.25, -0.2) is 0 Å². The van der Waals surface area contributed by atoms with Crippen molar-refractivity contribution in [2.45, 2.75) is 47.1 Å². The molecule has 4 heteroatoms. The van der Waals surface area contributed by atoms with Gasteiger partial charge in [-0.05, 0) is 39.3 Å². The largest absolute Gasteiger partial charge is 0.462 e. The first kappa shape index (κ1) is 17.8. The summed E-state index contributed by atoms with van der Waals surface area (Å²) in [4.78, 5) is 13.5. The lowest BCUT2D eigenvalue weighted by molar-refractivity contribution is -0.138.